The first-order chi connectivity index (χ1) is 12.3. The van der Waals surface area contributed by atoms with Crippen molar-refractivity contribution in [2.75, 3.05) is 45.4 Å². The van der Waals surface area contributed by atoms with Crippen LogP contribution in [0.4, 0.5) is 5.82 Å². The Kier molecular flexibility index (Phi) is 7.97. The first-order valence-corrected chi connectivity index (χ1v) is 8.49. The Morgan fingerprint density at radius 2 is 1.65 bits per heavy atom. The molecule has 3 rings (SSSR count). The number of ether oxygens (including phenoxy) is 3. The lowest BCUT2D eigenvalue weighted by Crippen LogP contribution is -2.36. The van der Waals surface area contributed by atoms with Crippen LogP contribution in [-0.4, -0.2) is 45.5 Å². The maximum atomic E-state index is 5.38. The number of nitrogens with one attached hydrogen (secondary N) is 1. The highest BCUT2D eigenvalue weighted by molar-refractivity contribution is 5.85. The molecule has 7 heteroatoms. The number of methoxy groups -OCH3 is 2. The SMILES string of the molecule is COc1cc(CNCc2ccc(N3CCOCC3)nc2)cc(OC)c1.Cl. The average molecular weight is 380 g/mol. The summed E-state index contributed by atoms with van der Waals surface area (Å²) in [5, 5.41) is 3.43. The number of nitrogens with zero attached hydrogens (tertiary/aromatic N) is 2. The summed E-state index contributed by atoms with van der Waals surface area (Å²) < 4.78 is 16.0. The minimum Gasteiger partial charge on any atom is -0.497 e. The molecule has 0 unspecified atom stereocenters. The topological polar surface area (TPSA) is 55.9 Å². The number of anilines is 1. The molecule has 1 fully saturated rings. The highest BCUT2D eigenvalue weighted by Crippen LogP contribution is 2.22. The molecule has 1 aliphatic heterocycles. The molecule has 0 atom stereocenters. The van der Waals surface area contributed by atoms with Crippen LogP contribution >= 0.6 is 12.4 Å². The predicted octanol–water partition coefficient (Wildman–Crippen LogP) is 2.65. The molecule has 26 heavy (non-hydrogen) atoms. The second-order valence-electron chi connectivity index (χ2n) is 5.95. The van der Waals surface area contributed by atoms with E-state index in [1.165, 1.54) is 0 Å². The van der Waals surface area contributed by atoms with Crippen molar-refractivity contribution in [2.24, 2.45) is 0 Å². The van der Waals surface area contributed by atoms with E-state index in [1.807, 2.05) is 24.4 Å². The minimum absolute atomic E-state index is 0. The van der Waals surface area contributed by atoms with Gasteiger partial charge in [0.15, 0.2) is 0 Å². The van der Waals surface area contributed by atoms with Crippen LogP contribution in [0, 0.1) is 0 Å². The summed E-state index contributed by atoms with van der Waals surface area (Å²) in [6.45, 7) is 4.85. The number of pyridine rings is 1. The lowest BCUT2D eigenvalue weighted by Gasteiger charge is -2.27. The van der Waals surface area contributed by atoms with Gasteiger partial charge in [-0.05, 0) is 29.3 Å². The molecule has 1 saturated heterocycles. The fourth-order valence-corrected chi connectivity index (χ4v) is 2.82. The molecular weight excluding hydrogens is 354 g/mol. The van der Waals surface area contributed by atoms with Crippen LogP contribution in [0.5, 0.6) is 11.5 Å². The molecule has 0 aliphatic carbocycles. The third-order valence-electron chi connectivity index (χ3n) is 4.21. The molecule has 1 aromatic carbocycles. The second kappa shape index (κ2) is 10.2. The van der Waals surface area contributed by atoms with Crippen molar-refractivity contribution in [3.63, 3.8) is 0 Å². The van der Waals surface area contributed by atoms with Gasteiger partial charge in [0, 0.05) is 38.4 Å². The quantitative estimate of drug-likeness (QED) is 0.798. The maximum absolute atomic E-state index is 5.38. The number of rotatable bonds is 7. The van der Waals surface area contributed by atoms with E-state index >= 15 is 0 Å². The molecule has 0 saturated carbocycles. The molecule has 2 aromatic rings. The zero-order valence-corrected chi connectivity index (χ0v) is 16.1. The first kappa shape index (κ1) is 20.3. The van der Waals surface area contributed by atoms with Crippen LogP contribution in [-0.2, 0) is 17.8 Å². The Morgan fingerprint density at radius 1 is 1.00 bits per heavy atom. The predicted molar refractivity (Wildman–Crippen MR) is 105 cm³/mol. The van der Waals surface area contributed by atoms with Crippen LogP contribution in [0.2, 0.25) is 0 Å². The first-order valence-electron chi connectivity index (χ1n) is 8.49. The number of hydrogen-bond acceptors (Lipinski definition) is 6. The van der Waals surface area contributed by atoms with E-state index in [0.717, 1.165) is 67.8 Å². The van der Waals surface area contributed by atoms with Crippen molar-refractivity contribution in [2.45, 2.75) is 13.1 Å². The largest absolute Gasteiger partial charge is 0.497 e. The number of halogens is 1. The third-order valence-corrected chi connectivity index (χ3v) is 4.21. The van der Waals surface area contributed by atoms with Gasteiger partial charge in [0.1, 0.15) is 17.3 Å². The van der Waals surface area contributed by atoms with Gasteiger partial charge in [-0.1, -0.05) is 6.07 Å². The van der Waals surface area contributed by atoms with Gasteiger partial charge in [0.2, 0.25) is 0 Å². The molecule has 0 radical (unpaired) electrons. The van der Waals surface area contributed by atoms with E-state index in [-0.39, 0.29) is 12.4 Å². The summed E-state index contributed by atoms with van der Waals surface area (Å²) in [6.07, 6.45) is 1.93. The van der Waals surface area contributed by atoms with Crippen molar-refractivity contribution in [3.05, 3.63) is 47.7 Å². The monoisotopic (exact) mass is 379 g/mol. The van der Waals surface area contributed by atoms with Crippen molar-refractivity contribution < 1.29 is 14.2 Å². The van der Waals surface area contributed by atoms with Crippen molar-refractivity contribution in [1.82, 2.24) is 10.3 Å². The molecule has 0 amide bonds. The molecule has 0 bridgehead atoms. The zero-order valence-electron chi connectivity index (χ0n) is 15.2. The Labute approximate surface area is 160 Å². The van der Waals surface area contributed by atoms with Crippen molar-refractivity contribution >= 4 is 18.2 Å². The number of aromatic nitrogens is 1. The lowest BCUT2D eigenvalue weighted by atomic mass is 10.2. The third kappa shape index (κ3) is 5.49. The van der Waals surface area contributed by atoms with Gasteiger partial charge in [-0.3, -0.25) is 0 Å². The van der Waals surface area contributed by atoms with Gasteiger partial charge in [0.25, 0.3) is 0 Å². The summed E-state index contributed by atoms with van der Waals surface area (Å²) in [7, 11) is 3.32. The number of morpholine rings is 1. The van der Waals surface area contributed by atoms with Crippen LogP contribution in [0.25, 0.3) is 0 Å². The molecule has 1 aromatic heterocycles. The molecule has 2 heterocycles. The van der Waals surface area contributed by atoms with E-state index < -0.39 is 0 Å². The number of hydrogen-bond donors (Lipinski definition) is 1. The van der Waals surface area contributed by atoms with Crippen LogP contribution in [0.15, 0.2) is 36.5 Å². The molecular formula is C19H26ClN3O3. The Hall–Kier alpha value is -2.02. The van der Waals surface area contributed by atoms with E-state index in [1.54, 1.807) is 14.2 Å². The van der Waals surface area contributed by atoms with Gasteiger partial charge in [-0.15, -0.1) is 12.4 Å². The maximum Gasteiger partial charge on any atom is 0.128 e. The van der Waals surface area contributed by atoms with Gasteiger partial charge < -0.3 is 24.4 Å². The summed E-state index contributed by atoms with van der Waals surface area (Å²) in [4.78, 5) is 6.83. The van der Waals surface area contributed by atoms with E-state index in [0.29, 0.717) is 0 Å². The lowest BCUT2D eigenvalue weighted by molar-refractivity contribution is 0.122. The highest BCUT2D eigenvalue weighted by Gasteiger charge is 2.11. The van der Waals surface area contributed by atoms with Gasteiger partial charge in [0.05, 0.1) is 27.4 Å². The number of benzene rings is 1. The fourth-order valence-electron chi connectivity index (χ4n) is 2.82. The van der Waals surface area contributed by atoms with E-state index in [2.05, 4.69) is 27.3 Å². The molecule has 0 spiro atoms. The van der Waals surface area contributed by atoms with Crippen LogP contribution < -0.4 is 19.7 Å². The molecule has 6 nitrogen and oxygen atoms in total. The summed E-state index contributed by atoms with van der Waals surface area (Å²) in [5.41, 5.74) is 2.28. The molecule has 1 N–H and O–H groups in total. The van der Waals surface area contributed by atoms with Crippen LogP contribution in [0.1, 0.15) is 11.1 Å². The van der Waals surface area contributed by atoms with Gasteiger partial charge >= 0.3 is 0 Å². The molecule has 142 valence electrons. The Balaban J connectivity index is 0.00000243. The standard InChI is InChI=1S/C19H25N3O3.ClH/c1-23-17-9-16(10-18(11-17)24-2)13-20-12-15-3-4-19(21-14-15)22-5-7-25-8-6-22;/h3-4,9-11,14,20H,5-8,12-13H2,1-2H3;1H. The smallest absolute Gasteiger partial charge is 0.128 e. The second-order valence-corrected chi connectivity index (χ2v) is 5.95. The zero-order chi connectivity index (χ0) is 17.5. The summed E-state index contributed by atoms with van der Waals surface area (Å²) in [6, 6.07) is 10.1. The van der Waals surface area contributed by atoms with Gasteiger partial charge in [-0.2, -0.15) is 0 Å². The van der Waals surface area contributed by atoms with Crippen molar-refractivity contribution in [1.29, 1.82) is 0 Å². The average Bonchev–Trinajstić information content (AvgIpc) is 2.69. The minimum atomic E-state index is 0. The van der Waals surface area contributed by atoms with Crippen LogP contribution in [0.3, 0.4) is 0 Å². The Bertz CT molecular complexity index is 654. The normalized spacial score (nSPS) is 13.8. The molecule has 1 aliphatic rings. The highest BCUT2D eigenvalue weighted by atomic mass is 35.5. The van der Waals surface area contributed by atoms with E-state index in [4.69, 9.17) is 14.2 Å². The van der Waals surface area contributed by atoms with E-state index in [9.17, 15) is 0 Å². The summed E-state index contributed by atoms with van der Waals surface area (Å²) >= 11 is 0. The summed E-state index contributed by atoms with van der Waals surface area (Å²) in [5.74, 6) is 2.62. The fraction of sp³-hybridized carbons (Fsp3) is 0.421. The Morgan fingerprint density at radius 3 is 2.23 bits per heavy atom. The van der Waals surface area contributed by atoms with Gasteiger partial charge in [-0.25, -0.2) is 4.98 Å². The van der Waals surface area contributed by atoms with Crippen molar-refractivity contribution in [3.8, 4) is 11.5 Å².